The molecule has 31 heavy (non-hydrogen) atoms. The minimum atomic E-state index is -0.598. The molecule has 0 N–H and O–H groups in total. The monoisotopic (exact) mass is 422 g/mol. The van der Waals surface area contributed by atoms with Gasteiger partial charge in [-0.1, -0.05) is 17.3 Å². The Balaban J connectivity index is 2.05. The number of benzene rings is 1. The molecule has 0 bridgehead atoms. The van der Waals surface area contributed by atoms with Gasteiger partial charge in [0.25, 0.3) is 0 Å². The van der Waals surface area contributed by atoms with E-state index in [1.54, 1.807) is 11.7 Å². The zero-order chi connectivity index (χ0) is 22.3. The topological polar surface area (TPSA) is 66.5 Å². The van der Waals surface area contributed by atoms with Crippen molar-refractivity contribution in [2.75, 3.05) is 7.11 Å². The van der Waals surface area contributed by atoms with Crippen LogP contribution in [0, 0.1) is 13.8 Å². The molecule has 0 fully saturated rings. The number of hydrogen-bond donors (Lipinski definition) is 0. The highest BCUT2D eigenvalue weighted by atomic mass is 16.6. The normalized spacial score (nSPS) is 13.7. The zero-order valence-electron chi connectivity index (χ0n) is 19.2. The summed E-state index contributed by atoms with van der Waals surface area (Å²) in [4.78, 5) is 13.5. The molecule has 1 aromatic carbocycles. The van der Waals surface area contributed by atoms with Gasteiger partial charge >= 0.3 is 6.09 Å². The van der Waals surface area contributed by atoms with E-state index >= 15 is 0 Å². The molecule has 0 saturated heterocycles. The number of aryl methyl sites for hydroxylation is 2. The van der Waals surface area contributed by atoms with Crippen molar-refractivity contribution in [2.24, 2.45) is 0 Å². The van der Waals surface area contributed by atoms with Crippen molar-refractivity contribution in [3.8, 4) is 28.1 Å². The summed E-state index contributed by atoms with van der Waals surface area (Å²) < 4.78 is 18.5. The zero-order valence-corrected chi connectivity index (χ0v) is 19.2. The van der Waals surface area contributed by atoms with Crippen molar-refractivity contribution in [1.29, 1.82) is 0 Å². The van der Waals surface area contributed by atoms with Crippen LogP contribution in [-0.4, -0.2) is 28.5 Å². The molecule has 164 valence electrons. The van der Waals surface area contributed by atoms with Gasteiger partial charge in [0, 0.05) is 11.3 Å². The lowest BCUT2D eigenvalue weighted by atomic mass is 9.90. The highest BCUT2D eigenvalue weighted by Gasteiger charge is 2.33. The van der Waals surface area contributed by atoms with Crippen LogP contribution in [0.15, 0.2) is 28.8 Å². The number of ether oxygens (including phenoxy) is 2. The largest absolute Gasteiger partial charge is 0.497 e. The summed E-state index contributed by atoms with van der Waals surface area (Å²) in [6, 6.07) is 7.99. The average molecular weight is 423 g/mol. The average Bonchev–Trinajstić information content (AvgIpc) is 3.23. The van der Waals surface area contributed by atoms with Gasteiger partial charge in [0.05, 0.1) is 24.1 Å². The molecule has 0 amide bonds. The molecule has 1 aliphatic carbocycles. The third-order valence-corrected chi connectivity index (χ3v) is 5.70. The highest BCUT2D eigenvalue weighted by Crippen LogP contribution is 2.44. The van der Waals surface area contributed by atoms with E-state index in [-0.39, 0.29) is 6.09 Å². The first kappa shape index (κ1) is 21.2. The first-order valence-corrected chi connectivity index (χ1v) is 10.8. The summed E-state index contributed by atoms with van der Waals surface area (Å²) in [5.41, 5.74) is 6.15. The lowest BCUT2D eigenvalue weighted by molar-refractivity contribution is 0.0535. The second-order valence-corrected chi connectivity index (χ2v) is 9.10. The molecule has 2 heterocycles. The Morgan fingerprint density at radius 2 is 1.74 bits per heavy atom. The van der Waals surface area contributed by atoms with Crippen LogP contribution in [0.3, 0.4) is 0 Å². The number of fused-ring (bicyclic) bond motifs is 1. The summed E-state index contributed by atoms with van der Waals surface area (Å²) in [7, 11) is 1.66. The third-order valence-electron chi connectivity index (χ3n) is 5.70. The first-order valence-electron chi connectivity index (χ1n) is 10.8. The maximum absolute atomic E-state index is 13.5. The predicted molar refractivity (Wildman–Crippen MR) is 120 cm³/mol. The van der Waals surface area contributed by atoms with E-state index in [0.29, 0.717) is 5.76 Å². The highest BCUT2D eigenvalue weighted by molar-refractivity contribution is 5.93. The summed E-state index contributed by atoms with van der Waals surface area (Å²) in [6.45, 7) is 9.47. The van der Waals surface area contributed by atoms with Crippen LogP contribution in [-0.2, 0) is 17.6 Å². The molecular formula is C25H30N2O4. The van der Waals surface area contributed by atoms with Gasteiger partial charge in [-0.15, -0.1) is 0 Å². The van der Waals surface area contributed by atoms with E-state index in [4.69, 9.17) is 14.0 Å². The van der Waals surface area contributed by atoms with Crippen LogP contribution in [0.2, 0.25) is 0 Å². The summed E-state index contributed by atoms with van der Waals surface area (Å²) in [5, 5.41) is 4.18. The molecule has 0 unspecified atom stereocenters. The van der Waals surface area contributed by atoms with Crippen LogP contribution in [0.25, 0.3) is 22.4 Å². The molecule has 3 aromatic rings. The quantitative estimate of drug-likeness (QED) is 0.510. The minimum Gasteiger partial charge on any atom is -0.497 e. The summed E-state index contributed by atoms with van der Waals surface area (Å²) in [5.74, 6) is 1.48. The number of hydrogen-bond acceptors (Lipinski definition) is 5. The van der Waals surface area contributed by atoms with Crippen molar-refractivity contribution in [3.63, 3.8) is 0 Å². The van der Waals surface area contributed by atoms with Crippen molar-refractivity contribution >= 4 is 6.09 Å². The smallest absolute Gasteiger partial charge is 0.419 e. The van der Waals surface area contributed by atoms with E-state index < -0.39 is 5.60 Å². The van der Waals surface area contributed by atoms with Crippen LogP contribution in [0.4, 0.5) is 4.79 Å². The summed E-state index contributed by atoms with van der Waals surface area (Å²) >= 11 is 0. The number of rotatable bonds is 3. The maximum Gasteiger partial charge on any atom is 0.419 e. The maximum atomic E-state index is 13.5. The molecule has 0 radical (unpaired) electrons. The van der Waals surface area contributed by atoms with E-state index in [2.05, 4.69) is 5.16 Å². The second-order valence-electron chi connectivity index (χ2n) is 9.10. The number of carbonyl (C=O) groups excluding carboxylic acids is 1. The van der Waals surface area contributed by atoms with Gasteiger partial charge in [-0.3, -0.25) is 0 Å². The molecule has 0 saturated carbocycles. The van der Waals surface area contributed by atoms with E-state index in [0.717, 1.165) is 65.2 Å². The molecule has 0 spiro atoms. The van der Waals surface area contributed by atoms with Gasteiger partial charge in [-0.25, -0.2) is 9.36 Å². The Morgan fingerprint density at radius 3 is 2.32 bits per heavy atom. The number of aromatic nitrogens is 2. The number of nitrogens with zero attached hydrogens (tertiary/aromatic N) is 2. The molecule has 2 aromatic heterocycles. The third kappa shape index (κ3) is 3.87. The minimum absolute atomic E-state index is 0.361. The number of carbonyl (C=O) groups is 1. The van der Waals surface area contributed by atoms with Gasteiger partial charge in [0.15, 0.2) is 0 Å². The van der Waals surface area contributed by atoms with Crippen molar-refractivity contribution in [1.82, 2.24) is 9.72 Å². The van der Waals surface area contributed by atoms with Crippen LogP contribution in [0.5, 0.6) is 5.75 Å². The van der Waals surface area contributed by atoms with Crippen LogP contribution < -0.4 is 4.74 Å². The Morgan fingerprint density at radius 1 is 1.06 bits per heavy atom. The van der Waals surface area contributed by atoms with E-state index in [1.807, 2.05) is 58.9 Å². The van der Waals surface area contributed by atoms with Gasteiger partial charge in [0.2, 0.25) is 0 Å². The molecule has 0 aliphatic heterocycles. The standard InChI is InChI=1S/C25H30N2O4/c1-15-21(16(2)31-26-15)23-22(17-11-13-18(29-6)14-12-17)19-9-7-8-10-20(19)27(23)24(28)30-25(3,4)5/h11-14H,7-10H2,1-6H3. The van der Waals surface area contributed by atoms with E-state index in [1.165, 1.54) is 5.56 Å². The van der Waals surface area contributed by atoms with Crippen molar-refractivity contribution < 1.29 is 18.8 Å². The first-order chi connectivity index (χ1) is 14.7. The Bertz CT molecular complexity index is 1090. The SMILES string of the molecule is COc1ccc(-c2c3c(n(C(=O)OC(C)(C)C)c2-c2c(C)noc2C)CCCC3)cc1. The molecule has 6 nitrogen and oxygen atoms in total. The molecule has 6 heteroatoms. The molecular weight excluding hydrogens is 392 g/mol. The fourth-order valence-electron chi connectivity index (χ4n) is 4.43. The van der Waals surface area contributed by atoms with Gasteiger partial charge in [-0.2, -0.15) is 0 Å². The lowest BCUT2D eigenvalue weighted by Gasteiger charge is -2.22. The fraction of sp³-hybridized carbons (Fsp3) is 0.440. The van der Waals surface area contributed by atoms with Crippen molar-refractivity contribution in [3.05, 3.63) is 47.0 Å². The van der Waals surface area contributed by atoms with Crippen LogP contribution in [0.1, 0.15) is 56.3 Å². The Hall–Kier alpha value is -3.02. The predicted octanol–water partition coefficient (Wildman–Crippen LogP) is 6.10. The van der Waals surface area contributed by atoms with E-state index in [9.17, 15) is 4.79 Å². The Labute approximate surface area is 183 Å². The lowest BCUT2D eigenvalue weighted by Crippen LogP contribution is -2.29. The summed E-state index contributed by atoms with van der Waals surface area (Å²) in [6.07, 6.45) is 3.53. The molecule has 0 atom stereocenters. The Kier molecular flexibility index (Phi) is 5.42. The van der Waals surface area contributed by atoms with Crippen LogP contribution >= 0.6 is 0 Å². The molecule has 1 aliphatic rings. The number of methoxy groups -OCH3 is 1. The van der Waals surface area contributed by atoms with Gasteiger partial charge in [-0.05, 0) is 83.6 Å². The molecule has 4 rings (SSSR count). The second kappa shape index (κ2) is 7.91. The van der Waals surface area contributed by atoms with Gasteiger partial charge in [0.1, 0.15) is 17.1 Å². The van der Waals surface area contributed by atoms with Gasteiger partial charge < -0.3 is 14.0 Å². The fourth-order valence-corrected chi connectivity index (χ4v) is 4.43. The van der Waals surface area contributed by atoms with Crippen molar-refractivity contribution in [2.45, 2.75) is 65.9 Å².